The second-order valence-electron chi connectivity index (χ2n) is 6.10. The predicted octanol–water partition coefficient (Wildman–Crippen LogP) is 2.44. The molecule has 1 aliphatic rings. The lowest BCUT2D eigenvalue weighted by Crippen LogP contribution is -2.41. The van der Waals surface area contributed by atoms with Crippen molar-refractivity contribution in [1.82, 2.24) is 15.8 Å². The van der Waals surface area contributed by atoms with Crippen LogP contribution >= 0.6 is 27.3 Å². The molecule has 27 heavy (non-hydrogen) atoms. The zero-order chi connectivity index (χ0) is 19.2. The molecule has 0 bridgehead atoms. The Morgan fingerprint density at radius 1 is 1.26 bits per heavy atom. The van der Waals surface area contributed by atoms with E-state index in [1.807, 2.05) is 24.3 Å². The van der Waals surface area contributed by atoms with Crippen LogP contribution in [0.2, 0.25) is 0 Å². The minimum Gasteiger partial charge on any atom is -0.378 e. The largest absolute Gasteiger partial charge is 0.378 e. The lowest BCUT2D eigenvalue weighted by Gasteiger charge is -2.25. The van der Waals surface area contributed by atoms with Gasteiger partial charge in [-0.1, -0.05) is 45.5 Å². The van der Waals surface area contributed by atoms with E-state index in [-0.39, 0.29) is 18.2 Å². The summed E-state index contributed by atoms with van der Waals surface area (Å²) in [7, 11) is 0. The number of aromatic nitrogens is 1. The zero-order valence-corrected chi connectivity index (χ0v) is 17.4. The Morgan fingerprint density at radius 3 is 2.74 bits per heavy atom. The van der Waals surface area contributed by atoms with Gasteiger partial charge in [-0.25, -0.2) is 4.98 Å². The summed E-state index contributed by atoms with van der Waals surface area (Å²) in [4.78, 5) is 31.5. The van der Waals surface area contributed by atoms with Crippen molar-refractivity contribution in [3.63, 3.8) is 0 Å². The van der Waals surface area contributed by atoms with Crippen molar-refractivity contribution in [3.8, 4) is 0 Å². The van der Waals surface area contributed by atoms with E-state index in [0.29, 0.717) is 30.2 Å². The maximum absolute atomic E-state index is 12.4. The molecule has 0 spiro atoms. The van der Waals surface area contributed by atoms with Crippen LogP contribution in [0.4, 0.5) is 5.13 Å². The maximum atomic E-state index is 12.4. The SMILES string of the molecule is Cc1nc(N2CCOCC2)sc1C(=O)NNC(=O)CCc1ccccc1Br. The Kier molecular flexibility index (Phi) is 6.81. The van der Waals surface area contributed by atoms with E-state index in [4.69, 9.17) is 4.74 Å². The van der Waals surface area contributed by atoms with E-state index in [9.17, 15) is 9.59 Å². The van der Waals surface area contributed by atoms with Crippen LogP contribution in [-0.4, -0.2) is 43.1 Å². The molecule has 2 aromatic rings. The van der Waals surface area contributed by atoms with Crippen molar-refractivity contribution < 1.29 is 14.3 Å². The summed E-state index contributed by atoms with van der Waals surface area (Å²) in [5.41, 5.74) is 6.66. The number of thiazole rings is 1. The normalized spacial score (nSPS) is 14.1. The van der Waals surface area contributed by atoms with Crippen molar-refractivity contribution in [3.05, 3.63) is 44.9 Å². The van der Waals surface area contributed by atoms with Crippen LogP contribution in [0.25, 0.3) is 0 Å². The molecule has 2 amide bonds. The minimum absolute atomic E-state index is 0.241. The Morgan fingerprint density at radius 2 is 2.00 bits per heavy atom. The number of nitrogens with zero attached hydrogens (tertiary/aromatic N) is 2. The monoisotopic (exact) mass is 452 g/mol. The number of carbonyl (C=O) groups is 2. The fourth-order valence-corrected chi connectivity index (χ4v) is 4.17. The molecular weight excluding hydrogens is 432 g/mol. The van der Waals surface area contributed by atoms with Gasteiger partial charge in [0.1, 0.15) is 4.88 Å². The van der Waals surface area contributed by atoms with Crippen LogP contribution in [-0.2, 0) is 16.0 Å². The molecule has 1 saturated heterocycles. The second kappa shape index (κ2) is 9.29. The molecule has 9 heteroatoms. The summed E-state index contributed by atoms with van der Waals surface area (Å²) in [5, 5.41) is 0.807. The van der Waals surface area contributed by atoms with Gasteiger partial charge >= 0.3 is 0 Å². The number of hydrogen-bond donors (Lipinski definition) is 2. The van der Waals surface area contributed by atoms with Crippen LogP contribution in [0.1, 0.15) is 27.3 Å². The summed E-state index contributed by atoms with van der Waals surface area (Å²) in [5.74, 6) is -0.589. The number of amides is 2. The van der Waals surface area contributed by atoms with Gasteiger partial charge in [0.15, 0.2) is 5.13 Å². The highest BCUT2D eigenvalue weighted by Gasteiger charge is 2.20. The molecule has 0 atom stereocenters. The van der Waals surface area contributed by atoms with Gasteiger partial charge in [-0.3, -0.25) is 20.4 Å². The molecule has 1 aliphatic heterocycles. The lowest BCUT2D eigenvalue weighted by atomic mass is 10.1. The Labute approximate surface area is 170 Å². The standard InChI is InChI=1S/C18H21BrN4O3S/c1-12-16(27-18(20-12)23-8-10-26-11-9-23)17(25)22-21-15(24)7-6-13-4-2-3-5-14(13)19/h2-5H,6-11H2,1H3,(H,21,24)(H,22,25). The van der Waals surface area contributed by atoms with Gasteiger partial charge in [-0.05, 0) is 25.0 Å². The number of rotatable bonds is 5. The highest BCUT2D eigenvalue weighted by molar-refractivity contribution is 9.10. The first-order valence-corrected chi connectivity index (χ1v) is 10.3. The minimum atomic E-state index is -0.348. The van der Waals surface area contributed by atoms with Crippen molar-refractivity contribution in [2.75, 3.05) is 31.2 Å². The van der Waals surface area contributed by atoms with Crippen molar-refractivity contribution in [1.29, 1.82) is 0 Å². The smallest absolute Gasteiger partial charge is 0.281 e. The summed E-state index contributed by atoms with van der Waals surface area (Å²) < 4.78 is 6.31. The van der Waals surface area contributed by atoms with Crippen LogP contribution in [0, 0.1) is 6.92 Å². The number of ether oxygens (including phenoxy) is 1. The summed E-state index contributed by atoms with van der Waals surface area (Å²) in [6.07, 6.45) is 0.869. The number of aryl methyl sites for hydroxylation is 2. The molecule has 1 fully saturated rings. The number of anilines is 1. The molecule has 7 nitrogen and oxygen atoms in total. The zero-order valence-electron chi connectivity index (χ0n) is 15.0. The second-order valence-corrected chi connectivity index (χ2v) is 7.94. The van der Waals surface area contributed by atoms with Gasteiger partial charge in [0.25, 0.3) is 5.91 Å². The highest BCUT2D eigenvalue weighted by Crippen LogP contribution is 2.26. The molecule has 3 rings (SSSR count). The Balaban J connectivity index is 1.50. The quantitative estimate of drug-likeness (QED) is 0.680. The lowest BCUT2D eigenvalue weighted by molar-refractivity contribution is -0.121. The highest BCUT2D eigenvalue weighted by atomic mass is 79.9. The van der Waals surface area contributed by atoms with E-state index in [1.54, 1.807) is 6.92 Å². The number of morpholine rings is 1. The van der Waals surface area contributed by atoms with Crippen molar-refractivity contribution >= 4 is 44.2 Å². The molecule has 2 N–H and O–H groups in total. The van der Waals surface area contributed by atoms with Gasteiger partial charge in [0.2, 0.25) is 5.91 Å². The third-order valence-electron chi connectivity index (χ3n) is 4.17. The number of halogens is 1. The summed E-state index contributed by atoms with van der Waals surface area (Å²) in [6.45, 7) is 4.64. The Hall–Kier alpha value is -1.97. The van der Waals surface area contributed by atoms with Gasteiger partial charge < -0.3 is 9.64 Å². The first-order valence-electron chi connectivity index (χ1n) is 8.67. The third kappa shape index (κ3) is 5.27. The van der Waals surface area contributed by atoms with Crippen molar-refractivity contribution in [2.45, 2.75) is 19.8 Å². The van der Waals surface area contributed by atoms with E-state index in [1.165, 1.54) is 11.3 Å². The number of hydrazine groups is 1. The first kappa shape index (κ1) is 19.8. The third-order valence-corrected chi connectivity index (χ3v) is 6.16. The molecule has 1 aromatic carbocycles. The molecule has 0 radical (unpaired) electrons. The number of benzene rings is 1. The predicted molar refractivity (Wildman–Crippen MR) is 108 cm³/mol. The van der Waals surface area contributed by atoms with E-state index < -0.39 is 0 Å². The molecule has 0 saturated carbocycles. The van der Waals surface area contributed by atoms with Gasteiger partial charge in [-0.15, -0.1) is 0 Å². The first-order chi connectivity index (χ1) is 13.0. The van der Waals surface area contributed by atoms with E-state index >= 15 is 0 Å². The fraction of sp³-hybridized carbons (Fsp3) is 0.389. The van der Waals surface area contributed by atoms with Gasteiger partial charge in [-0.2, -0.15) is 0 Å². The number of nitrogens with one attached hydrogen (secondary N) is 2. The fourth-order valence-electron chi connectivity index (χ4n) is 2.68. The molecule has 0 aliphatic carbocycles. The van der Waals surface area contributed by atoms with Crippen LogP contribution in [0.15, 0.2) is 28.7 Å². The Bertz CT molecular complexity index is 821. The number of hydrogen-bond acceptors (Lipinski definition) is 6. The van der Waals surface area contributed by atoms with E-state index in [2.05, 4.69) is 36.7 Å². The summed E-state index contributed by atoms with van der Waals surface area (Å²) >= 11 is 4.79. The average molecular weight is 453 g/mol. The molecule has 144 valence electrons. The average Bonchev–Trinajstić information content (AvgIpc) is 3.08. The number of carbonyl (C=O) groups excluding carboxylic acids is 2. The van der Waals surface area contributed by atoms with Crippen LogP contribution in [0.5, 0.6) is 0 Å². The maximum Gasteiger partial charge on any atom is 0.281 e. The van der Waals surface area contributed by atoms with Gasteiger partial charge in [0.05, 0.1) is 18.9 Å². The van der Waals surface area contributed by atoms with Crippen LogP contribution < -0.4 is 15.8 Å². The molecule has 1 aromatic heterocycles. The van der Waals surface area contributed by atoms with Crippen molar-refractivity contribution in [2.24, 2.45) is 0 Å². The molecule has 2 heterocycles. The van der Waals surface area contributed by atoms with Gasteiger partial charge in [0, 0.05) is 24.0 Å². The van der Waals surface area contributed by atoms with Crippen LogP contribution in [0.3, 0.4) is 0 Å². The van der Waals surface area contributed by atoms with E-state index in [0.717, 1.165) is 28.3 Å². The molecular formula is C18H21BrN4O3S. The summed E-state index contributed by atoms with van der Waals surface area (Å²) in [6, 6.07) is 7.76. The topological polar surface area (TPSA) is 83.6 Å². The molecule has 0 unspecified atom stereocenters.